The Morgan fingerprint density at radius 3 is 2.88 bits per heavy atom. The lowest BCUT2D eigenvalue weighted by atomic mass is 10.2. The smallest absolute Gasteiger partial charge is 0.250 e. The Labute approximate surface area is 108 Å². The Balaban J connectivity index is 2.40. The van der Waals surface area contributed by atoms with Gasteiger partial charge in [-0.25, -0.2) is 0 Å². The Morgan fingerprint density at radius 1 is 1.47 bits per heavy atom. The van der Waals surface area contributed by atoms with Crippen molar-refractivity contribution in [1.82, 2.24) is 0 Å². The van der Waals surface area contributed by atoms with Gasteiger partial charge in [-0.2, -0.15) is 0 Å². The van der Waals surface area contributed by atoms with Gasteiger partial charge < -0.3 is 20.5 Å². The fraction of sp³-hybridized carbons (Fsp3) is 0.364. The molecular formula is C11H15BrN2O3. The van der Waals surface area contributed by atoms with Crippen LogP contribution in [0.15, 0.2) is 22.7 Å². The summed E-state index contributed by atoms with van der Waals surface area (Å²) in [5.74, 6) is -0.241. The molecule has 0 bridgehead atoms. The fourth-order valence-corrected chi connectivity index (χ4v) is 1.52. The Bertz CT molecular complexity index is 385. The molecule has 94 valence electrons. The number of nitrogens with one attached hydrogen (secondary N) is 1. The number of halogens is 1. The molecule has 5 nitrogen and oxygen atoms in total. The second-order valence-electron chi connectivity index (χ2n) is 3.33. The van der Waals surface area contributed by atoms with Crippen LogP contribution in [-0.4, -0.2) is 32.8 Å². The number of nitrogens with two attached hydrogens (primary N) is 1. The van der Waals surface area contributed by atoms with Crippen molar-refractivity contribution in [3.05, 3.63) is 22.7 Å². The molecule has 6 heteroatoms. The largest absolute Gasteiger partial charge is 0.397 e. The minimum absolute atomic E-state index is 0.0150. The monoisotopic (exact) mass is 302 g/mol. The molecule has 0 aromatic heterocycles. The molecule has 0 fully saturated rings. The quantitative estimate of drug-likeness (QED) is 0.619. The number of amides is 1. The number of rotatable bonds is 6. The molecule has 1 amide bonds. The fourth-order valence-electron chi connectivity index (χ4n) is 1.14. The molecule has 1 rings (SSSR count). The number of hydrogen-bond donors (Lipinski definition) is 2. The highest BCUT2D eigenvalue weighted by atomic mass is 79.9. The van der Waals surface area contributed by atoms with Crippen molar-refractivity contribution >= 4 is 33.2 Å². The number of carbonyl (C=O) groups excluding carboxylic acids is 1. The second-order valence-corrected chi connectivity index (χ2v) is 4.24. The molecule has 1 aromatic carbocycles. The number of anilines is 2. The van der Waals surface area contributed by atoms with E-state index in [1.54, 1.807) is 25.3 Å². The maximum Gasteiger partial charge on any atom is 0.250 e. The highest BCUT2D eigenvalue weighted by molar-refractivity contribution is 9.10. The summed E-state index contributed by atoms with van der Waals surface area (Å²) in [7, 11) is 1.58. The lowest BCUT2D eigenvalue weighted by Gasteiger charge is -2.08. The second kappa shape index (κ2) is 7.26. The molecule has 0 aliphatic heterocycles. The van der Waals surface area contributed by atoms with E-state index < -0.39 is 0 Å². The van der Waals surface area contributed by atoms with Gasteiger partial charge in [-0.1, -0.05) is 15.9 Å². The van der Waals surface area contributed by atoms with E-state index in [0.717, 1.165) is 4.47 Å². The van der Waals surface area contributed by atoms with Gasteiger partial charge in [0.25, 0.3) is 0 Å². The molecule has 0 aliphatic carbocycles. The van der Waals surface area contributed by atoms with E-state index in [9.17, 15) is 4.79 Å². The SMILES string of the molecule is COCCOCC(=O)Nc1ccc(Br)cc1N. The first-order valence-electron chi connectivity index (χ1n) is 5.05. The van der Waals surface area contributed by atoms with Gasteiger partial charge in [0.15, 0.2) is 0 Å². The number of benzene rings is 1. The summed E-state index contributed by atoms with van der Waals surface area (Å²) < 4.78 is 10.7. The first-order chi connectivity index (χ1) is 8.13. The minimum atomic E-state index is -0.241. The topological polar surface area (TPSA) is 73.6 Å². The molecule has 17 heavy (non-hydrogen) atoms. The molecule has 0 saturated carbocycles. The first-order valence-corrected chi connectivity index (χ1v) is 5.84. The maximum atomic E-state index is 11.5. The third kappa shape index (κ3) is 5.16. The van der Waals surface area contributed by atoms with Gasteiger partial charge in [-0.15, -0.1) is 0 Å². The first kappa shape index (κ1) is 14.0. The van der Waals surface area contributed by atoms with E-state index in [4.69, 9.17) is 15.2 Å². The molecule has 3 N–H and O–H groups in total. The van der Waals surface area contributed by atoms with E-state index in [2.05, 4.69) is 21.2 Å². The van der Waals surface area contributed by atoms with E-state index >= 15 is 0 Å². The van der Waals surface area contributed by atoms with Gasteiger partial charge in [-0.3, -0.25) is 4.79 Å². The average molecular weight is 303 g/mol. The summed E-state index contributed by atoms with van der Waals surface area (Å²) in [6, 6.07) is 5.26. The molecule has 0 spiro atoms. The number of hydrogen-bond acceptors (Lipinski definition) is 4. The van der Waals surface area contributed by atoms with Crippen LogP contribution in [0.25, 0.3) is 0 Å². The normalized spacial score (nSPS) is 10.2. The Morgan fingerprint density at radius 2 is 2.24 bits per heavy atom. The van der Waals surface area contributed by atoms with Crippen molar-refractivity contribution in [3.63, 3.8) is 0 Å². The van der Waals surface area contributed by atoms with Crippen LogP contribution in [-0.2, 0) is 14.3 Å². The summed E-state index contributed by atoms with van der Waals surface area (Å²) in [5, 5.41) is 2.66. The summed E-state index contributed by atoms with van der Waals surface area (Å²) in [6.45, 7) is 0.840. The third-order valence-electron chi connectivity index (χ3n) is 1.95. The zero-order valence-electron chi connectivity index (χ0n) is 9.53. The molecule has 0 radical (unpaired) electrons. The number of methoxy groups -OCH3 is 1. The van der Waals surface area contributed by atoms with Crippen molar-refractivity contribution in [3.8, 4) is 0 Å². The summed E-state index contributed by atoms with van der Waals surface area (Å²) in [4.78, 5) is 11.5. The number of nitrogen functional groups attached to an aromatic ring is 1. The van der Waals surface area contributed by atoms with Crippen molar-refractivity contribution in [1.29, 1.82) is 0 Å². The maximum absolute atomic E-state index is 11.5. The Hall–Kier alpha value is -1.11. The van der Waals surface area contributed by atoms with Crippen molar-refractivity contribution in [2.45, 2.75) is 0 Å². The van der Waals surface area contributed by atoms with Crippen LogP contribution in [0.3, 0.4) is 0 Å². The van der Waals surface area contributed by atoms with E-state index in [1.165, 1.54) is 0 Å². The molecule has 0 unspecified atom stereocenters. The lowest BCUT2D eigenvalue weighted by molar-refractivity contribution is -0.121. The van der Waals surface area contributed by atoms with Crippen LogP contribution in [0.2, 0.25) is 0 Å². The molecular weight excluding hydrogens is 288 g/mol. The van der Waals surface area contributed by atoms with Gasteiger partial charge in [0.05, 0.1) is 24.6 Å². The highest BCUT2D eigenvalue weighted by Crippen LogP contribution is 2.22. The van der Waals surface area contributed by atoms with Crippen molar-refractivity contribution in [2.75, 3.05) is 38.0 Å². The molecule has 0 saturated heterocycles. The summed E-state index contributed by atoms with van der Waals surface area (Å²) in [5.41, 5.74) is 6.82. The Kier molecular flexibility index (Phi) is 5.96. The zero-order valence-corrected chi connectivity index (χ0v) is 11.1. The third-order valence-corrected chi connectivity index (χ3v) is 2.45. The van der Waals surface area contributed by atoms with Gasteiger partial charge in [0.1, 0.15) is 6.61 Å². The predicted molar refractivity (Wildman–Crippen MR) is 69.9 cm³/mol. The van der Waals surface area contributed by atoms with Crippen LogP contribution in [0.5, 0.6) is 0 Å². The zero-order chi connectivity index (χ0) is 12.7. The molecule has 0 aliphatic rings. The lowest BCUT2D eigenvalue weighted by Crippen LogP contribution is -2.20. The number of carbonyl (C=O) groups is 1. The summed E-state index contributed by atoms with van der Waals surface area (Å²) >= 11 is 3.29. The molecule has 0 heterocycles. The van der Waals surface area contributed by atoms with Crippen LogP contribution in [0, 0.1) is 0 Å². The predicted octanol–water partition coefficient (Wildman–Crippen LogP) is 1.63. The van der Waals surface area contributed by atoms with Crippen LogP contribution >= 0.6 is 15.9 Å². The van der Waals surface area contributed by atoms with Crippen molar-refractivity contribution in [2.24, 2.45) is 0 Å². The van der Waals surface area contributed by atoms with Gasteiger partial charge in [0.2, 0.25) is 5.91 Å². The minimum Gasteiger partial charge on any atom is -0.397 e. The van der Waals surface area contributed by atoms with Gasteiger partial charge >= 0.3 is 0 Å². The number of ether oxygens (including phenoxy) is 2. The van der Waals surface area contributed by atoms with E-state index in [-0.39, 0.29) is 12.5 Å². The average Bonchev–Trinajstić information content (AvgIpc) is 2.28. The van der Waals surface area contributed by atoms with Crippen LogP contribution in [0.1, 0.15) is 0 Å². The summed E-state index contributed by atoms with van der Waals surface area (Å²) in [6.07, 6.45) is 0. The van der Waals surface area contributed by atoms with Gasteiger partial charge in [-0.05, 0) is 18.2 Å². The van der Waals surface area contributed by atoms with Crippen LogP contribution < -0.4 is 11.1 Å². The van der Waals surface area contributed by atoms with Crippen molar-refractivity contribution < 1.29 is 14.3 Å². The van der Waals surface area contributed by atoms with E-state index in [1.807, 2.05) is 0 Å². The molecule has 0 atom stereocenters. The highest BCUT2D eigenvalue weighted by Gasteiger charge is 2.05. The molecule has 1 aromatic rings. The van der Waals surface area contributed by atoms with E-state index in [0.29, 0.717) is 24.6 Å². The van der Waals surface area contributed by atoms with Crippen LogP contribution in [0.4, 0.5) is 11.4 Å². The van der Waals surface area contributed by atoms with Gasteiger partial charge in [0, 0.05) is 11.6 Å². The standard InChI is InChI=1S/C11H15BrN2O3/c1-16-4-5-17-7-11(15)14-10-3-2-8(12)6-9(10)13/h2-3,6H,4-5,7,13H2,1H3,(H,14,15).